The molecule has 2 heterocycles. The van der Waals surface area contributed by atoms with E-state index in [-0.39, 0.29) is 30.8 Å². The van der Waals surface area contributed by atoms with Crippen LogP contribution >= 0.6 is 0 Å². The van der Waals surface area contributed by atoms with Crippen LogP contribution < -0.4 is 4.74 Å². The van der Waals surface area contributed by atoms with Gasteiger partial charge in [0.05, 0.1) is 6.54 Å². The Morgan fingerprint density at radius 2 is 1.97 bits per heavy atom. The summed E-state index contributed by atoms with van der Waals surface area (Å²) in [4.78, 5) is 16.0. The van der Waals surface area contributed by atoms with Crippen LogP contribution in [-0.2, 0) is 6.54 Å². The predicted octanol–water partition coefficient (Wildman–Crippen LogP) is 2.19. The van der Waals surface area contributed by atoms with Gasteiger partial charge < -0.3 is 14.7 Å². The van der Waals surface area contributed by atoms with Crippen molar-refractivity contribution in [3.8, 4) is 5.75 Å². The van der Waals surface area contributed by atoms with Crippen LogP contribution in [0.15, 0.2) is 48.5 Å². The van der Waals surface area contributed by atoms with Gasteiger partial charge in [0.1, 0.15) is 24.3 Å². The Bertz CT molecular complexity index is 1020. The number of aromatic nitrogens is 4. The summed E-state index contributed by atoms with van der Waals surface area (Å²) in [7, 11) is 0. The van der Waals surface area contributed by atoms with Gasteiger partial charge in [0.2, 0.25) is 0 Å². The number of carbonyl (C=O) groups is 1. The quantitative estimate of drug-likeness (QED) is 0.624. The highest BCUT2D eigenvalue weighted by molar-refractivity contribution is 5.94. The molecule has 31 heavy (non-hydrogen) atoms. The van der Waals surface area contributed by atoms with E-state index in [1.165, 1.54) is 16.9 Å². The molecule has 9 heteroatoms. The smallest absolute Gasteiger partial charge is 0.253 e. The minimum absolute atomic E-state index is 0.0381. The van der Waals surface area contributed by atoms with Gasteiger partial charge >= 0.3 is 0 Å². The molecule has 1 amide bonds. The Morgan fingerprint density at radius 1 is 1.23 bits per heavy atom. The molecule has 0 aliphatic carbocycles. The molecule has 1 N–H and O–H groups in total. The number of hydrogen-bond donors (Lipinski definition) is 1. The second-order valence-electron chi connectivity index (χ2n) is 7.67. The number of benzene rings is 2. The Balaban J connectivity index is 1.28. The van der Waals surface area contributed by atoms with Crippen molar-refractivity contribution in [2.45, 2.75) is 31.9 Å². The van der Waals surface area contributed by atoms with Gasteiger partial charge in [-0.3, -0.25) is 4.79 Å². The zero-order valence-corrected chi connectivity index (χ0v) is 17.2. The number of tetrazole rings is 1. The van der Waals surface area contributed by atoms with Crippen molar-refractivity contribution in [2.24, 2.45) is 0 Å². The van der Waals surface area contributed by atoms with Crippen molar-refractivity contribution in [2.75, 3.05) is 19.7 Å². The minimum Gasteiger partial charge on any atom is -0.491 e. The van der Waals surface area contributed by atoms with Crippen molar-refractivity contribution in [3.05, 3.63) is 71.3 Å². The molecule has 0 unspecified atom stereocenters. The Hall–Kier alpha value is -3.33. The van der Waals surface area contributed by atoms with Crippen LogP contribution in [0.25, 0.3) is 0 Å². The molecule has 8 nitrogen and oxygen atoms in total. The van der Waals surface area contributed by atoms with E-state index in [1.54, 1.807) is 43.3 Å². The number of halogens is 1. The van der Waals surface area contributed by atoms with E-state index in [2.05, 4.69) is 15.4 Å². The first-order valence-electron chi connectivity index (χ1n) is 10.2. The van der Waals surface area contributed by atoms with Crippen LogP contribution in [0.5, 0.6) is 5.75 Å². The number of nitrogens with zero attached hydrogens (tertiary/aromatic N) is 5. The first-order valence-corrected chi connectivity index (χ1v) is 10.2. The van der Waals surface area contributed by atoms with Crippen molar-refractivity contribution < 1.29 is 19.0 Å². The molecule has 0 bridgehead atoms. The van der Waals surface area contributed by atoms with Crippen molar-refractivity contribution in [3.63, 3.8) is 0 Å². The SMILES string of the molecule is Cc1nnn(C[C@@H](O)COc2ccc(C(=O)N3CC[C@H](c4ccc(F)cc4)C3)cc2)n1. The second-order valence-corrected chi connectivity index (χ2v) is 7.67. The number of amides is 1. The van der Waals surface area contributed by atoms with E-state index in [0.29, 0.717) is 30.2 Å². The number of likely N-dealkylation sites (tertiary alicyclic amines) is 1. The molecular weight excluding hydrogens is 401 g/mol. The standard InChI is InChI=1S/C22H24FN5O3/c1-15-24-26-28(25-15)13-20(29)14-31-21-8-4-17(5-9-21)22(30)27-11-10-18(12-27)16-2-6-19(23)7-3-16/h2-9,18,20,29H,10-14H2,1H3/t18-,20+/m0/s1. The lowest BCUT2D eigenvalue weighted by Crippen LogP contribution is -2.28. The molecule has 1 fully saturated rings. The van der Waals surface area contributed by atoms with Crippen LogP contribution in [0, 0.1) is 12.7 Å². The highest BCUT2D eigenvalue weighted by Crippen LogP contribution is 2.28. The van der Waals surface area contributed by atoms with E-state index >= 15 is 0 Å². The van der Waals surface area contributed by atoms with Gasteiger partial charge in [-0.05, 0) is 60.5 Å². The molecule has 0 spiro atoms. The van der Waals surface area contributed by atoms with Gasteiger partial charge in [-0.2, -0.15) is 4.80 Å². The lowest BCUT2D eigenvalue weighted by atomic mass is 9.99. The van der Waals surface area contributed by atoms with Gasteiger partial charge in [0, 0.05) is 24.6 Å². The van der Waals surface area contributed by atoms with Crippen molar-refractivity contribution in [1.29, 1.82) is 0 Å². The van der Waals surface area contributed by atoms with E-state index in [4.69, 9.17) is 4.74 Å². The predicted molar refractivity (Wildman–Crippen MR) is 110 cm³/mol. The summed E-state index contributed by atoms with van der Waals surface area (Å²) < 4.78 is 18.7. The molecule has 1 aliphatic rings. The highest BCUT2D eigenvalue weighted by atomic mass is 19.1. The number of ether oxygens (including phenoxy) is 1. The first kappa shape index (κ1) is 20.9. The molecule has 1 saturated heterocycles. The maximum Gasteiger partial charge on any atom is 0.253 e. The van der Waals surface area contributed by atoms with Crippen LogP contribution in [0.3, 0.4) is 0 Å². The van der Waals surface area contributed by atoms with Gasteiger partial charge in [-0.1, -0.05) is 12.1 Å². The lowest BCUT2D eigenvalue weighted by molar-refractivity contribution is 0.0788. The zero-order valence-electron chi connectivity index (χ0n) is 17.2. The third-order valence-electron chi connectivity index (χ3n) is 5.29. The number of rotatable bonds is 7. The molecule has 1 aliphatic heterocycles. The summed E-state index contributed by atoms with van der Waals surface area (Å²) in [6.45, 7) is 3.26. The molecular formula is C22H24FN5O3. The Kier molecular flexibility index (Phi) is 6.22. The summed E-state index contributed by atoms with van der Waals surface area (Å²) in [5.74, 6) is 1.02. The normalized spacial score (nSPS) is 17.0. The average Bonchev–Trinajstić information content (AvgIpc) is 3.42. The first-order chi connectivity index (χ1) is 15.0. The third-order valence-corrected chi connectivity index (χ3v) is 5.29. The summed E-state index contributed by atoms with van der Waals surface area (Å²) in [6, 6.07) is 13.4. The summed E-state index contributed by atoms with van der Waals surface area (Å²) >= 11 is 0. The van der Waals surface area contributed by atoms with Gasteiger partial charge in [0.15, 0.2) is 5.82 Å². The van der Waals surface area contributed by atoms with Crippen LogP contribution in [0.1, 0.15) is 34.1 Å². The number of hydrogen-bond acceptors (Lipinski definition) is 6. The van der Waals surface area contributed by atoms with Crippen molar-refractivity contribution >= 4 is 5.91 Å². The van der Waals surface area contributed by atoms with Crippen LogP contribution in [0.4, 0.5) is 4.39 Å². The molecule has 0 saturated carbocycles. The van der Waals surface area contributed by atoms with Crippen molar-refractivity contribution in [1.82, 2.24) is 25.1 Å². The van der Waals surface area contributed by atoms with Gasteiger partial charge in [-0.25, -0.2) is 4.39 Å². The van der Waals surface area contributed by atoms with Gasteiger partial charge in [-0.15, -0.1) is 10.2 Å². The van der Waals surface area contributed by atoms with E-state index in [1.807, 2.05) is 4.90 Å². The molecule has 3 aromatic rings. The summed E-state index contributed by atoms with van der Waals surface area (Å²) in [5.41, 5.74) is 1.63. The number of aliphatic hydroxyl groups excluding tert-OH is 1. The van der Waals surface area contributed by atoms with E-state index in [9.17, 15) is 14.3 Å². The van der Waals surface area contributed by atoms with Gasteiger partial charge in [0.25, 0.3) is 5.91 Å². The fourth-order valence-electron chi connectivity index (χ4n) is 3.66. The molecule has 162 valence electrons. The largest absolute Gasteiger partial charge is 0.491 e. The number of aliphatic hydroxyl groups is 1. The van der Waals surface area contributed by atoms with E-state index < -0.39 is 6.10 Å². The summed E-state index contributed by atoms with van der Waals surface area (Å²) in [6.07, 6.45) is 0.0688. The maximum atomic E-state index is 13.1. The number of carbonyl (C=O) groups excluding carboxylic acids is 1. The monoisotopic (exact) mass is 425 g/mol. The minimum atomic E-state index is -0.789. The molecule has 1 aromatic heterocycles. The number of aryl methyl sites for hydroxylation is 1. The van der Waals surface area contributed by atoms with E-state index in [0.717, 1.165) is 12.0 Å². The Labute approximate surface area is 179 Å². The maximum absolute atomic E-state index is 13.1. The zero-order chi connectivity index (χ0) is 21.8. The lowest BCUT2D eigenvalue weighted by Gasteiger charge is -2.17. The topological polar surface area (TPSA) is 93.4 Å². The second kappa shape index (κ2) is 9.22. The highest BCUT2D eigenvalue weighted by Gasteiger charge is 2.28. The Morgan fingerprint density at radius 3 is 2.65 bits per heavy atom. The molecule has 2 aromatic carbocycles. The van der Waals surface area contributed by atoms with Crippen LogP contribution in [-0.4, -0.2) is 61.9 Å². The fraction of sp³-hybridized carbons (Fsp3) is 0.364. The summed E-state index contributed by atoms with van der Waals surface area (Å²) in [5, 5.41) is 21.6. The molecule has 2 atom stereocenters. The third kappa shape index (κ3) is 5.24. The average molecular weight is 425 g/mol. The fourth-order valence-corrected chi connectivity index (χ4v) is 3.66. The van der Waals surface area contributed by atoms with Crippen LogP contribution in [0.2, 0.25) is 0 Å². The molecule has 4 rings (SSSR count). The molecule has 0 radical (unpaired) electrons.